The third-order valence-electron chi connectivity index (χ3n) is 4.07. The molecule has 0 aliphatic carbocycles. The van der Waals surface area contributed by atoms with Crippen LogP contribution in [0.3, 0.4) is 0 Å². The molecule has 0 unspecified atom stereocenters. The third kappa shape index (κ3) is 4.21. The zero-order chi connectivity index (χ0) is 15.9. The van der Waals surface area contributed by atoms with Crippen LogP contribution in [0.4, 0.5) is 0 Å². The van der Waals surface area contributed by atoms with Crippen LogP contribution in [-0.4, -0.2) is 37.1 Å². The van der Waals surface area contributed by atoms with Gasteiger partial charge in [0.05, 0.1) is 6.10 Å². The van der Waals surface area contributed by atoms with Crippen LogP contribution < -0.4 is 5.73 Å². The predicted octanol–water partition coefficient (Wildman–Crippen LogP) is 2.57. The van der Waals surface area contributed by atoms with Crippen LogP contribution in [-0.2, 0) is 9.53 Å². The molecule has 0 aromatic heterocycles. The molecule has 1 amide bonds. The van der Waals surface area contributed by atoms with Crippen LogP contribution in [0.1, 0.15) is 25.3 Å². The lowest BCUT2D eigenvalue weighted by Crippen LogP contribution is -2.39. The fourth-order valence-electron chi connectivity index (χ4n) is 2.55. The van der Waals surface area contributed by atoms with Crippen molar-refractivity contribution in [3.8, 4) is 0 Å². The van der Waals surface area contributed by atoms with Crippen molar-refractivity contribution in [1.29, 1.82) is 0 Å². The standard InChI is InChI=1S/C18H24N2O2/c1-14(18(19)15-6-4-3-5-7-15)8-9-17(21)20-12-10-16(22-2)11-13-20/h3-9,16H,10-13,19H2,1-2H3/b9-8+,18-14+. The first-order valence-electron chi connectivity index (χ1n) is 7.63. The maximum Gasteiger partial charge on any atom is 0.246 e. The molecule has 2 N–H and O–H groups in total. The first kappa shape index (κ1) is 16.3. The molecule has 0 saturated carbocycles. The van der Waals surface area contributed by atoms with Gasteiger partial charge in [0.2, 0.25) is 5.91 Å². The summed E-state index contributed by atoms with van der Waals surface area (Å²) in [6.07, 6.45) is 5.49. The Morgan fingerprint density at radius 2 is 1.86 bits per heavy atom. The molecular weight excluding hydrogens is 276 g/mol. The Labute approximate surface area is 132 Å². The number of ether oxygens (including phenoxy) is 1. The molecule has 1 aliphatic rings. The molecule has 0 bridgehead atoms. The van der Waals surface area contributed by atoms with Crippen molar-refractivity contribution in [2.24, 2.45) is 5.73 Å². The monoisotopic (exact) mass is 300 g/mol. The van der Waals surface area contributed by atoms with Gasteiger partial charge in [0.1, 0.15) is 0 Å². The van der Waals surface area contributed by atoms with Gasteiger partial charge in [-0.1, -0.05) is 36.4 Å². The molecule has 4 nitrogen and oxygen atoms in total. The van der Waals surface area contributed by atoms with E-state index in [1.165, 1.54) is 0 Å². The molecule has 118 valence electrons. The third-order valence-corrected chi connectivity index (χ3v) is 4.07. The van der Waals surface area contributed by atoms with Crippen molar-refractivity contribution in [1.82, 2.24) is 4.90 Å². The largest absolute Gasteiger partial charge is 0.398 e. The molecule has 2 rings (SSSR count). The second-order valence-electron chi connectivity index (χ2n) is 5.56. The summed E-state index contributed by atoms with van der Waals surface area (Å²) in [6.45, 7) is 3.42. The van der Waals surface area contributed by atoms with E-state index in [-0.39, 0.29) is 12.0 Å². The van der Waals surface area contributed by atoms with Gasteiger partial charge in [0.15, 0.2) is 0 Å². The Bertz CT molecular complexity index is 556. The SMILES string of the molecule is COC1CCN(C(=O)/C=C/C(C)=C(/N)c2ccccc2)CC1. The highest BCUT2D eigenvalue weighted by molar-refractivity contribution is 5.88. The number of benzene rings is 1. The average molecular weight is 300 g/mol. The summed E-state index contributed by atoms with van der Waals surface area (Å²) in [5.74, 6) is 0.0368. The minimum atomic E-state index is 0.0368. The quantitative estimate of drug-likeness (QED) is 0.687. The first-order valence-corrected chi connectivity index (χ1v) is 7.63. The summed E-state index contributed by atoms with van der Waals surface area (Å²) in [6, 6.07) is 9.78. The van der Waals surface area contributed by atoms with Crippen molar-refractivity contribution in [2.75, 3.05) is 20.2 Å². The highest BCUT2D eigenvalue weighted by atomic mass is 16.5. The molecule has 22 heavy (non-hydrogen) atoms. The Balaban J connectivity index is 1.97. The maximum absolute atomic E-state index is 12.2. The molecule has 1 saturated heterocycles. The van der Waals surface area contributed by atoms with Crippen LogP contribution in [0, 0.1) is 0 Å². The number of carbonyl (C=O) groups excluding carboxylic acids is 1. The van der Waals surface area contributed by atoms with Gasteiger partial charge in [-0.25, -0.2) is 0 Å². The summed E-state index contributed by atoms with van der Waals surface area (Å²) < 4.78 is 5.32. The normalized spacial score (nSPS) is 17.6. The average Bonchev–Trinajstić information content (AvgIpc) is 2.59. The topological polar surface area (TPSA) is 55.6 Å². The lowest BCUT2D eigenvalue weighted by atomic mass is 10.1. The van der Waals surface area contributed by atoms with Gasteiger partial charge in [-0.05, 0) is 30.9 Å². The highest BCUT2D eigenvalue weighted by Crippen LogP contribution is 2.15. The fourth-order valence-corrected chi connectivity index (χ4v) is 2.55. The number of amides is 1. The molecule has 1 aromatic rings. The first-order chi connectivity index (χ1) is 10.6. The second-order valence-corrected chi connectivity index (χ2v) is 5.56. The van der Waals surface area contributed by atoms with Gasteiger partial charge in [-0.2, -0.15) is 0 Å². The number of nitrogens with zero attached hydrogens (tertiary/aromatic N) is 1. The summed E-state index contributed by atoms with van der Waals surface area (Å²) >= 11 is 0. The lowest BCUT2D eigenvalue weighted by molar-refractivity contribution is -0.128. The Kier molecular flexibility index (Phi) is 5.78. The highest BCUT2D eigenvalue weighted by Gasteiger charge is 2.20. The number of rotatable bonds is 4. The second kappa shape index (κ2) is 7.80. The van der Waals surface area contributed by atoms with Crippen LogP contribution in [0.5, 0.6) is 0 Å². The smallest absolute Gasteiger partial charge is 0.246 e. The summed E-state index contributed by atoms with van der Waals surface area (Å²) in [7, 11) is 1.72. The number of nitrogens with two attached hydrogens (primary N) is 1. The van der Waals surface area contributed by atoms with Crippen molar-refractivity contribution >= 4 is 11.6 Å². The van der Waals surface area contributed by atoms with Gasteiger partial charge >= 0.3 is 0 Å². The summed E-state index contributed by atoms with van der Waals surface area (Å²) in [5.41, 5.74) is 8.69. The van der Waals surface area contributed by atoms with E-state index in [0.717, 1.165) is 37.1 Å². The number of allylic oxidation sites excluding steroid dienone is 2. The van der Waals surface area contributed by atoms with Gasteiger partial charge in [0.25, 0.3) is 0 Å². The molecule has 1 aliphatic heterocycles. The zero-order valence-electron chi connectivity index (χ0n) is 13.3. The van der Waals surface area contributed by atoms with E-state index in [2.05, 4.69) is 0 Å². The minimum Gasteiger partial charge on any atom is -0.398 e. The van der Waals surface area contributed by atoms with E-state index in [1.807, 2.05) is 42.2 Å². The van der Waals surface area contributed by atoms with Crippen molar-refractivity contribution in [3.05, 3.63) is 53.6 Å². The Morgan fingerprint density at radius 1 is 1.23 bits per heavy atom. The number of hydrogen-bond donors (Lipinski definition) is 1. The van der Waals surface area contributed by atoms with E-state index in [9.17, 15) is 4.79 Å². The van der Waals surface area contributed by atoms with E-state index in [0.29, 0.717) is 5.70 Å². The van der Waals surface area contributed by atoms with Gasteiger partial charge in [-0.3, -0.25) is 4.79 Å². The Morgan fingerprint density at radius 3 is 2.45 bits per heavy atom. The molecule has 4 heteroatoms. The molecule has 0 radical (unpaired) electrons. The van der Waals surface area contributed by atoms with Gasteiger partial charge < -0.3 is 15.4 Å². The minimum absolute atomic E-state index is 0.0368. The van der Waals surface area contributed by atoms with E-state index in [4.69, 9.17) is 10.5 Å². The summed E-state index contributed by atoms with van der Waals surface area (Å²) in [5, 5.41) is 0. The molecule has 1 fully saturated rings. The maximum atomic E-state index is 12.2. The fraction of sp³-hybridized carbons (Fsp3) is 0.389. The van der Waals surface area contributed by atoms with Crippen molar-refractivity contribution < 1.29 is 9.53 Å². The Hall–Kier alpha value is -2.07. The van der Waals surface area contributed by atoms with Crippen molar-refractivity contribution in [3.63, 3.8) is 0 Å². The van der Waals surface area contributed by atoms with Crippen molar-refractivity contribution in [2.45, 2.75) is 25.9 Å². The number of carbonyl (C=O) groups is 1. The molecular formula is C18H24N2O2. The van der Waals surface area contributed by atoms with Crippen LogP contribution in [0.15, 0.2) is 48.1 Å². The molecule has 0 spiro atoms. The van der Waals surface area contributed by atoms with E-state index < -0.39 is 0 Å². The number of piperidine rings is 1. The summed E-state index contributed by atoms with van der Waals surface area (Å²) in [4.78, 5) is 14.1. The number of likely N-dealkylation sites (tertiary alicyclic amines) is 1. The van der Waals surface area contributed by atoms with Crippen LogP contribution in [0.2, 0.25) is 0 Å². The molecule has 1 aromatic carbocycles. The van der Waals surface area contributed by atoms with Gasteiger partial charge in [-0.15, -0.1) is 0 Å². The van der Waals surface area contributed by atoms with E-state index >= 15 is 0 Å². The van der Waals surface area contributed by atoms with E-state index in [1.54, 1.807) is 19.3 Å². The zero-order valence-corrected chi connectivity index (χ0v) is 13.3. The van der Waals surface area contributed by atoms with Crippen LogP contribution in [0.25, 0.3) is 5.70 Å². The number of methoxy groups -OCH3 is 1. The predicted molar refractivity (Wildman–Crippen MR) is 89.0 cm³/mol. The van der Waals surface area contributed by atoms with Gasteiger partial charge in [0, 0.05) is 32.0 Å². The lowest BCUT2D eigenvalue weighted by Gasteiger charge is -2.30. The number of hydrogen-bond acceptors (Lipinski definition) is 3. The van der Waals surface area contributed by atoms with Crippen LogP contribution >= 0.6 is 0 Å². The molecule has 1 heterocycles. The molecule has 0 atom stereocenters.